The van der Waals surface area contributed by atoms with Crippen LogP contribution in [0.5, 0.6) is 11.5 Å². The first-order valence-corrected chi connectivity index (χ1v) is 11.9. The molecule has 0 saturated heterocycles. The van der Waals surface area contributed by atoms with Gasteiger partial charge in [0.05, 0.1) is 13.7 Å². The molecule has 1 aromatic heterocycles. The normalized spacial score (nSPS) is 12.9. The average Bonchev–Trinajstić information content (AvgIpc) is 3.26. The summed E-state index contributed by atoms with van der Waals surface area (Å²) in [7, 11) is 1.57. The minimum absolute atomic E-state index is 0.0709. The maximum Gasteiger partial charge on any atom is 0.251 e. The molecular formula is C24H32N2O4S. The first kappa shape index (κ1) is 23.1. The molecule has 31 heavy (non-hydrogen) atoms. The van der Waals surface area contributed by atoms with E-state index in [0.717, 1.165) is 25.8 Å². The van der Waals surface area contributed by atoms with Gasteiger partial charge in [-0.3, -0.25) is 9.59 Å². The van der Waals surface area contributed by atoms with Gasteiger partial charge in [0.15, 0.2) is 11.5 Å². The fourth-order valence-corrected chi connectivity index (χ4v) is 4.53. The fraction of sp³-hybridized carbons (Fsp3) is 0.500. The van der Waals surface area contributed by atoms with Crippen LogP contribution in [0.3, 0.4) is 0 Å². The van der Waals surface area contributed by atoms with Crippen LogP contribution in [0.25, 0.3) is 0 Å². The molecule has 0 aliphatic carbocycles. The highest BCUT2D eigenvalue weighted by molar-refractivity contribution is 7.10. The molecule has 3 rings (SSSR count). The maximum absolute atomic E-state index is 12.5. The molecule has 2 heterocycles. The van der Waals surface area contributed by atoms with Crippen LogP contribution in [0.1, 0.15) is 59.8 Å². The summed E-state index contributed by atoms with van der Waals surface area (Å²) in [5, 5.41) is 4.92. The number of amides is 2. The van der Waals surface area contributed by atoms with Crippen LogP contribution in [0.4, 0.5) is 0 Å². The van der Waals surface area contributed by atoms with Gasteiger partial charge in [-0.15, -0.1) is 11.3 Å². The zero-order chi connectivity index (χ0) is 22.1. The van der Waals surface area contributed by atoms with E-state index in [-0.39, 0.29) is 11.8 Å². The number of hydrogen-bond donors (Lipinski definition) is 1. The lowest BCUT2D eigenvalue weighted by Crippen LogP contribution is -2.37. The molecule has 0 unspecified atom stereocenters. The SMILES string of the molecule is CCCCCCOc1ccc(C(=O)NCCC(=O)N2CCc3sccc3C2)cc1OC. The highest BCUT2D eigenvalue weighted by Crippen LogP contribution is 2.28. The van der Waals surface area contributed by atoms with Gasteiger partial charge in [-0.25, -0.2) is 0 Å². The Balaban J connectivity index is 1.45. The number of thiophene rings is 1. The maximum atomic E-state index is 12.5. The molecule has 0 atom stereocenters. The lowest BCUT2D eigenvalue weighted by molar-refractivity contribution is -0.131. The monoisotopic (exact) mass is 444 g/mol. The average molecular weight is 445 g/mol. The lowest BCUT2D eigenvalue weighted by Gasteiger charge is -2.27. The van der Waals surface area contributed by atoms with Crippen molar-refractivity contribution in [2.24, 2.45) is 0 Å². The third kappa shape index (κ3) is 6.47. The zero-order valence-corrected chi connectivity index (χ0v) is 19.3. The molecule has 6 nitrogen and oxygen atoms in total. The van der Waals surface area contributed by atoms with Gasteiger partial charge >= 0.3 is 0 Å². The van der Waals surface area contributed by atoms with Crippen molar-refractivity contribution < 1.29 is 19.1 Å². The molecule has 0 bridgehead atoms. The van der Waals surface area contributed by atoms with Crippen LogP contribution >= 0.6 is 11.3 Å². The number of ether oxygens (including phenoxy) is 2. The molecule has 168 valence electrons. The zero-order valence-electron chi connectivity index (χ0n) is 18.4. The number of fused-ring (bicyclic) bond motifs is 1. The summed E-state index contributed by atoms with van der Waals surface area (Å²) in [5.41, 5.74) is 1.73. The van der Waals surface area contributed by atoms with E-state index < -0.39 is 0 Å². The van der Waals surface area contributed by atoms with Gasteiger partial charge in [-0.05, 0) is 48.1 Å². The van der Waals surface area contributed by atoms with E-state index in [1.54, 1.807) is 36.6 Å². The highest BCUT2D eigenvalue weighted by atomic mass is 32.1. The minimum atomic E-state index is -0.223. The van der Waals surface area contributed by atoms with Gasteiger partial charge in [-0.2, -0.15) is 0 Å². The summed E-state index contributed by atoms with van der Waals surface area (Å²) in [4.78, 5) is 28.3. The second kappa shape index (κ2) is 11.7. The van der Waals surface area contributed by atoms with E-state index in [9.17, 15) is 9.59 Å². The molecule has 7 heteroatoms. The number of hydrogen-bond acceptors (Lipinski definition) is 5. The molecule has 1 aliphatic rings. The quantitative estimate of drug-likeness (QED) is 0.521. The molecular weight excluding hydrogens is 412 g/mol. The first-order chi connectivity index (χ1) is 15.1. The molecule has 0 fully saturated rings. The molecule has 1 N–H and O–H groups in total. The fourth-order valence-electron chi connectivity index (χ4n) is 3.64. The van der Waals surface area contributed by atoms with E-state index in [2.05, 4.69) is 23.7 Å². The van der Waals surface area contributed by atoms with Gasteiger partial charge in [0.1, 0.15) is 0 Å². The Bertz CT molecular complexity index is 880. The summed E-state index contributed by atoms with van der Waals surface area (Å²) in [6, 6.07) is 7.27. The van der Waals surface area contributed by atoms with Crippen LogP contribution in [0, 0.1) is 0 Å². The van der Waals surface area contributed by atoms with Crippen LogP contribution in [-0.2, 0) is 17.8 Å². The van der Waals surface area contributed by atoms with Gasteiger partial charge in [0, 0.05) is 36.5 Å². The number of benzene rings is 1. The van der Waals surface area contributed by atoms with E-state index in [4.69, 9.17) is 9.47 Å². The molecule has 0 radical (unpaired) electrons. The van der Waals surface area contributed by atoms with Crippen molar-refractivity contribution in [2.75, 3.05) is 26.8 Å². The predicted octanol–water partition coefficient (Wildman–Crippen LogP) is 4.42. The summed E-state index contributed by atoms with van der Waals surface area (Å²) in [5.74, 6) is 1.03. The van der Waals surface area contributed by atoms with Crippen LogP contribution in [0.2, 0.25) is 0 Å². The number of methoxy groups -OCH3 is 1. The lowest BCUT2D eigenvalue weighted by atomic mass is 10.1. The van der Waals surface area contributed by atoms with Gasteiger partial charge in [-0.1, -0.05) is 26.2 Å². The van der Waals surface area contributed by atoms with E-state index >= 15 is 0 Å². The van der Waals surface area contributed by atoms with Crippen molar-refractivity contribution in [1.82, 2.24) is 10.2 Å². The molecule has 1 aromatic carbocycles. The third-order valence-corrected chi connectivity index (χ3v) is 6.49. The Labute approximate surface area is 188 Å². The summed E-state index contributed by atoms with van der Waals surface area (Å²) < 4.78 is 11.2. The number of carbonyl (C=O) groups is 2. The van der Waals surface area contributed by atoms with Crippen molar-refractivity contribution in [3.05, 3.63) is 45.6 Å². The number of carbonyl (C=O) groups excluding carboxylic acids is 2. The molecule has 0 spiro atoms. The summed E-state index contributed by atoms with van der Waals surface area (Å²) >= 11 is 1.76. The summed E-state index contributed by atoms with van der Waals surface area (Å²) in [6.45, 7) is 4.53. The third-order valence-electron chi connectivity index (χ3n) is 5.47. The van der Waals surface area contributed by atoms with Crippen molar-refractivity contribution in [1.29, 1.82) is 0 Å². The van der Waals surface area contributed by atoms with Crippen LogP contribution in [-0.4, -0.2) is 43.5 Å². The Morgan fingerprint density at radius 1 is 1.16 bits per heavy atom. The molecule has 0 saturated carbocycles. The smallest absolute Gasteiger partial charge is 0.251 e. The second-order valence-electron chi connectivity index (χ2n) is 7.71. The largest absolute Gasteiger partial charge is 0.493 e. The molecule has 2 aromatic rings. The van der Waals surface area contributed by atoms with Gasteiger partial charge in [0.25, 0.3) is 5.91 Å². The van der Waals surface area contributed by atoms with E-state index in [1.807, 2.05) is 4.90 Å². The molecule has 2 amide bonds. The van der Waals surface area contributed by atoms with E-state index in [0.29, 0.717) is 43.2 Å². The first-order valence-electron chi connectivity index (χ1n) is 11.0. The second-order valence-corrected chi connectivity index (χ2v) is 8.72. The van der Waals surface area contributed by atoms with Gasteiger partial charge in [0.2, 0.25) is 5.91 Å². The van der Waals surface area contributed by atoms with Crippen LogP contribution in [0.15, 0.2) is 29.6 Å². The number of rotatable bonds is 11. The Hall–Kier alpha value is -2.54. The number of nitrogens with one attached hydrogen (secondary N) is 1. The number of unbranched alkanes of at least 4 members (excludes halogenated alkanes) is 3. The Morgan fingerprint density at radius 2 is 2.03 bits per heavy atom. The number of nitrogens with zero attached hydrogens (tertiary/aromatic N) is 1. The van der Waals surface area contributed by atoms with Crippen molar-refractivity contribution >= 4 is 23.2 Å². The van der Waals surface area contributed by atoms with E-state index in [1.165, 1.54) is 23.3 Å². The van der Waals surface area contributed by atoms with Crippen LogP contribution < -0.4 is 14.8 Å². The molecule has 1 aliphatic heterocycles. The van der Waals surface area contributed by atoms with Gasteiger partial charge < -0.3 is 19.7 Å². The Kier molecular flexibility index (Phi) is 8.76. The summed E-state index contributed by atoms with van der Waals surface area (Å²) in [6.07, 6.45) is 5.74. The standard InChI is InChI=1S/C24H32N2O4S/c1-3-4-5-6-14-30-20-8-7-18(16-21(20)29-2)24(28)25-12-9-23(27)26-13-10-22-19(17-26)11-15-31-22/h7-8,11,15-16H,3-6,9-10,12-14,17H2,1-2H3,(H,25,28). The topological polar surface area (TPSA) is 67.9 Å². The van der Waals surface area contributed by atoms with Crippen molar-refractivity contribution in [2.45, 2.75) is 52.0 Å². The predicted molar refractivity (Wildman–Crippen MR) is 123 cm³/mol. The van der Waals surface area contributed by atoms with Crippen molar-refractivity contribution in [3.63, 3.8) is 0 Å². The minimum Gasteiger partial charge on any atom is -0.493 e. The Morgan fingerprint density at radius 3 is 2.84 bits per heavy atom. The highest BCUT2D eigenvalue weighted by Gasteiger charge is 2.21. The van der Waals surface area contributed by atoms with Crippen molar-refractivity contribution in [3.8, 4) is 11.5 Å².